The molecule has 0 atom stereocenters. The van der Waals surface area contributed by atoms with Crippen LogP contribution in [0.25, 0.3) is 21.9 Å². The second-order valence-electron chi connectivity index (χ2n) is 9.59. The molecule has 4 aromatic rings. The minimum absolute atomic E-state index is 0.0113. The molecule has 0 unspecified atom stereocenters. The van der Waals surface area contributed by atoms with Crippen LogP contribution >= 0.6 is 11.6 Å². The van der Waals surface area contributed by atoms with Crippen LogP contribution in [0.3, 0.4) is 0 Å². The molecular weight excluding hydrogens is 712 g/mol. The van der Waals surface area contributed by atoms with Crippen molar-refractivity contribution in [3.63, 3.8) is 0 Å². The number of anilines is 1. The third-order valence-corrected chi connectivity index (χ3v) is 11.1. The van der Waals surface area contributed by atoms with Crippen molar-refractivity contribution in [1.29, 1.82) is 5.41 Å². The van der Waals surface area contributed by atoms with Crippen LogP contribution in [0.5, 0.6) is 5.75 Å². The lowest BCUT2D eigenvalue weighted by molar-refractivity contribution is 0.388. The maximum Gasteiger partial charge on any atom is 0.296 e. The molecule has 0 bridgehead atoms. The van der Waals surface area contributed by atoms with E-state index in [2.05, 4.69) is 5.48 Å². The fraction of sp³-hybridized carbons (Fsp3) is 0.115. The molecule has 0 saturated heterocycles. The first kappa shape index (κ1) is 35.0. The fourth-order valence-corrected chi connectivity index (χ4v) is 8.12. The number of benzene rings is 4. The zero-order chi connectivity index (χ0) is 34.2. The second kappa shape index (κ2) is 12.8. The van der Waals surface area contributed by atoms with E-state index in [0.29, 0.717) is 0 Å². The van der Waals surface area contributed by atoms with E-state index >= 15 is 0 Å². The average molecular weight is 735 g/mol. The Bertz CT molecular complexity index is 2330. The fourth-order valence-electron chi connectivity index (χ4n) is 4.43. The van der Waals surface area contributed by atoms with Crippen LogP contribution in [0.2, 0.25) is 0 Å². The summed E-state index contributed by atoms with van der Waals surface area (Å²) < 4.78 is 126. The summed E-state index contributed by atoms with van der Waals surface area (Å²) in [6.45, 7) is 0. The average Bonchev–Trinajstić information content (AvgIpc) is 2.94. The molecule has 0 spiro atoms. The second-order valence-corrected chi connectivity index (χ2v) is 16.4. The van der Waals surface area contributed by atoms with E-state index in [-0.39, 0.29) is 39.1 Å². The summed E-state index contributed by atoms with van der Waals surface area (Å²) in [5.41, 5.74) is 0.863. The normalized spacial score (nSPS) is 12.6. The minimum Gasteiger partial charge on any atom is -0.507 e. The topological polar surface area (TPSA) is 263 Å². The lowest BCUT2D eigenvalue weighted by Gasteiger charge is -2.17. The molecular formula is C26H23ClN2O13S4. The molecule has 0 aliphatic rings. The summed E-state index contributed by atoms with van der Waals surface area (Å²) in [5.74, 6) is -2.50. The van der Waals surface area contributed by atoms with Gasteiger partial charge < -0.3 is 9.94 Å². The Morgan fingerprint density at radius 1 is 0.804 bits per heavy atom. The molecule has 6 N–H and O–H groups in total. The number of aromatic hydroxyl groups is 1. The van der Waals surface area contributed by atoms with Crippen LogP contribution in [0.4, 0.5) is 5.69 Å². The summed E-state index contributed by atoms with van der Waals surface area (Å²) >= 11 is 5.56. The predicted molar refractivity (Wildman–Crippen MR) is 167 cm³/mol. The molecule has 0 aromatic heterocycles. The monoisotopic (exact) mass is 734 g/mol. The largest absolute Gasteiger partial charge is 0.507 e. The molecule has 246 valence electrons. The van der Waals surface area contributed by atoms with Gasteiger partial charge in [-0.1, -0.05) is 24.3 Å². The number of hydrogen-bond acceptors (Lipinski definition) is 12. The van der Waals surface area contributed by atoms with Gasteiger partial charge in [0.15, 0.2) is 9.84 Å². The Hall–Kier alpha value is -3.82. The van der Waals surface area contributed by atoms with Crippen LogP contribution in [-0.4, -0.2) is 70.0 Å². The van der Waals surface area contributed by atoms with Gasteiger partial charge in [-0.3, -0.25) is 19.1 Å². The Labute approximate surface area is 268 Å². The molecule has 46 heavy (non-hydrogen) atoms. The van der Waals surface area contributed by atoms with Crippen molar-refractivity contribution < 1.29 is 57.3 Å². The number of phenolic OH excluding ortho intramolecular Hbond substituents is 1. The molecule has 20 heteroatoms. The van der Waals surface area contributed by atoms with Gasteiger partial charge in [-0.25, -0.2) is 13.9 Å². The van der Waals surface area contributed by atoms with Gasteiger partial charge in [0.05, 0.1) is 22.1 Å². The van der Waals surface area contributed by atoms with Gasteiger partial charge >= 0.3 is 0 Å². The van der Waals surface area contributed by atoms with Crippen molar-refractivity contribution >= 4 is 74.2 Å². The van der Waals surface area contributed by atoms with Gasteiger partial charge in [-0.2, -0.15) is 25.3 Å². The SMILES string of the molecule is N=C(ONc1cc(-c2c(S(=O)(=O)O)cc3cc(S(=O)(=O)O)ccc3c2O)ccc1S(=O)(=O)O)c1ccccc1CS(=O)(=O)CCCl. The van der Waals surface area contributed by atoms with E-state index in [0.717, 1.165) is 42.5 Å². The lowest BCUT2D eigenvalue weighted by Crippen LogP contribution is -2.17. The molecule has 0 heterocycles. The van der Waals surface area contributed by atoms with Crippen molar-refractivity contribution in [2.45, 2.75) is 20.4 Å². The zero-order valence-corrected chi connectivity index (χ0v) is 27.0. The van der Waals surface area contributed by atoms with Gasteiger partial charge in [0.2, 0.25) is 5.90 Å². The van der Waals surface area contributed by atoms with Crippen LogP contribution in [0, 0.1) is 5.41 Å². The van der Waals surface area contributed by atoms with Crippen molar-refractivity contribution in [1.82, 2.24) is 0 Å². The van der Waals surface area contributed by atoms with Crippen molar-refractivity contribution in [2.24, 2.45) is 0 Å². The maximum absolute atomic E-state index is 12.4. The van der Waals surface area contributed by atoms with Crippen molar-refractivity contribution in [3.8, 4) is 16.9 Å². The highest BCUT2D eigenvalue weighted by atomic mass is 35.5. The first-order valence-electron chi connectivity index (χ1n) is 12.5. The number of nitrogens with one attached hydrogen (secondary N) is 2. The van der Waals surface area contributed by atoms with Gasteiger partial charge in [0.25, 0.3) is 30.4 Å². The van der Waals surface area contributed by atoms with E-state index < -0.39 is 83.5 Å². The zero-order valence-electron chi connectivity index (χ0n) is 22.9. The Balaban J connectivity index is 1.83. The highest BCUT2D eigenvalue weighted by Crippen LogP contribution is 2.43. The number of rotatable bonds is 11. The minimum atomic E-state index is -5.16. The Morgan fingerprint density at radius 3 is 2.07 bits per heavy atom. The molecule has 0 aliphatic carbocycles. The molecule has 15 nitrogen and oxygen atoms in total. The molecule has 0 amide bonds. The first-order chi connectivity index (χ1) is 21.2. The number of sulfone groups is 1. The number of hydrogen-bond donors (Lipinski definition) is 6. The standard InChI is InChI=1S/C26H23ClN2O13S4/c27-9-10-43(31,32)14-16-3-1-2-4-20(16)26(28)42-29-21-12-15(5-8-22(21)45(36,37)38)24-23(46(39,40)41)13-17-11-18(44(33,34)35)6-7-19(17)25(24)30/h1-8,11-13,28-30H,9-10,14H2,(H,33,34,35)(H,36,37,38)(H,39,40,41). The smallest absolute Gasteiger partial charge is 0.296 e. The molecule has 4 aromatic carbocycles. The molecule has 0 aliphatic heterocycles. The lowest BCUT2D eigenvalue weighted by atomic mass is 9.99. The van der Waals surface area contributed by atoms with Crippen LogP contribution in [-0.2, 0) is 50.8 Å². The summed E-state index contributed by atoms with van der Waals surface area (Å²) in [4.78, 5) is 2.81. The summed E-state index contributed by atoms with van der Waals surface area (Å²) in [6.07, 6.45) is 0. The number of alkyl halides is 1. The number of halogens is 1. The van der Waals surface area contributed by atoms with Crippen LogP contribution in [0.1, 0.15) is 11.1 Å². The summed E-state index contributed by atoms with van der Waals surface area (Å²) in [6, 6.07) is 12.0. The number of phenols is 1. The summed E-state index contributed by atoms with van der Waals surface area (Å²) in [5, 5.41) is 19.1. The van der Waals surface area contributed by atoms with Crippen LogP contribution < -0.4 is 5.48 Å². The van der Waals surface area contributed by atoms with E-state index in [9.17, 15) is 52.4 Å². The quantitative estimate of drug-likeness (QED) is 0.0424. The van der Waals surface area contributed by atoms with E-state index in [1.807, 2.05) is 0 Å². The van der Waals surface area contributed by atoms with E-state index in [1.165, 1.54) is 24.3 Å². The van der Waals surface area contributed by atoms with Crippen molar-refractivity contribution in [3.05, 3.63) is 77.9 Å². The van der Waals surface area contributed by atoms with Gasteiger partial charge in [0.1, 0.15) is 15.5 Å². The molecule has 4 rings (SSSR count). The Morgan fingerprint density at radius 2 is 1.46 bits per heavy atom. The van der Waals surface area contributed by atoms with Gasteiger partial charge in [0, 0.05) is 22.4 Å². The first-order valence-corrected chi connectivity index (χ1v) is 19.1. The third-order valence-electron chi connectivity index (χ3n) is 6.46. The van der Waals surface area contributed by atoms with Gasteiger partial charge in [-0.15, -0.1) is 11.6 Å². The predicted octanol–water partition coefficient (Wildman–Crippen LogP) is 3.48. The third kappa shape index (κ3) is 7.76. The van der Waals surface area contributed by atoms with E-state index in [4.69, 9.17) is 21.8 Å². The van der Waals surface area contributed by atoms with E-state index in [1.54, 1.807) is 0 Å². The highest BCUT2D eigenvalue weighted by molar-refractivity contribution is 7.90. The molecule has 0 saturated carbocycles. The summed E-state index contributed by atoms with van der Waals surface area (Å²) in [7, 11) is -18.6. The molecule has 0 fully saturated rings. The van der Waals surface area contributed by atoms with Gasteiger partial charge in [-0.05, 0) is 59.0 Å². The highest BCUT2D eigenvalue weighted by Gasteiger charge is 2.26. The number of fused-ring (bicyclic) bond motifs is 1. The molecule has 0 radical (unpaired) electrons. The van der Waals surface area contributed by atoms with Crippen molar-refractivity contribution in [2.75, 3.05) is 17.1 Å². The Kier molecular flexibility index (Phi) is 9.72. The van der Waals surface area contributed by atoms with Crippen LogP contribution in [0.15, 0.2) is 81.4 Å². The maximum atomic E-state index is 12.4.